The van der Waals surface area contributed by atoms with Crippen LogP contribution in [0.15, 0.2) is 0 Å². The number of carbonyl (C=O) groups excluding carboxylic acids is 3. The number of urea groups is 1. The van der Waals surface area contributed by atoms with Crippen LogP contribution in [0.3, 0.4) is 0 Å². The number of ether oxygens (including phenoxy) is 1. The molecular weight excluding hydrogens is 224 g/mol. The van der Waals surface area contributed by atoms with Gasteiger partial charge in [0, 0.05) is 12.9 Å². The summed E-state index contributed by atoms with van der Waals surface area (Å²) in [5.41, 5.74) is 0. The number of rotatable bonds is 5. The second-order valence-electron chi connectivity index (χ2n) is 2.90. The molecule has 0 aliphatic carbocycles. The predicted octanol–water partition coefficient (Wildman–Crippen LogP) is -0.338. The van der Waals surface area contributed by atoms with E-state index in [0.717, 1.165) is 9.80 Å². The fraction of sp³-hybridized carbons (Fsp3) is 0.625. The van der Waals surface area contributed by atoms with Gasteiger partial charge >= 0.3 is 17.8 Å². The largest absolute Gasteiger partial charge is 0.378 e. The molecule has 0 bridgehead atoms. The van der Waals surface area contributed by atoms with E-state index in [1.165, 1.54) is 7.05 Å². The maximum Gasteiger partial charge on any atom is 0.334 e. The van der Waals surface area contributed by atoms with Crippen LogP contribution in [0.4, 0.5) is 4.79 Å². The monoisotopic (exact) mass is 234 g/mol. The van der Waals surface area contributed by atoms with Gasteiger partial charge in [-0.1, -0.05) is 0 Å². The fourth-order valence-corrected chi connectivity index (χ4v) is 1.23. The summed E-state index contributed by atoms with van der Waals surface area (Å²) >= 11 is 5.37. The van der Waals surface area contributed by atoms with Gasteiger partial charge in [0.15, 0.2) is 0 Å². The molecule has 0 aromatic heterocycles. The van der Waals surface area contributed by atoms with Gasteiger partial charge in [-0.25, -0.2) is 4.79 Å². The molecule has 0 atom stereocenters. The lowest BCUT2D eigenvalue weighted by Crippen LogP contribution is -2.34. The molecular formula is C8H11ClN2O4. The van der Waals surface area contributed by atoms with E-state index in [0.29, 0.717) is 12.5 Å². The number of halogens is 1. The van der Waals surface area contributed by atoms with Gasteiger partial charge < -0.3 is 4.74 Å². The highest BCUT2D eigenvalue weighted by molar-refractivity contribution is 6.44. The molecule has 1 aliphatic heterocycles. The van der Waals surface area contributed by atoms with Crippen molar-refractivity contribution in [1.82, 2.24) is 9.80 Å². The van der Waals surface area contributed by atoms with Crippen molar-refractivity contribution in [1.29, 1.82) is 0 Å². The van der Waals surface area contributed by atoms with Crippen LogP contribution in [0.25, 0.3) is 0 Å². The van der Waals surface area contributed by atoms with Gasteiger partial charge in [0.1, 0.15) is 0 Å². The maximum atomic E-state index is 11.3. The average molecular weight is 235 g/mol. The van der Waals surface area contributed by atoms with Crippen molar-refractivity contribution in [2.75, 3.05) is 32.7 Å². The van der Waals surface area contributed by atoms with Crippen molar-refractivity contribution < 1.29 is 19.1 Å². The molecule has 4 amide bonds. The molecule has 1 fully saturated rings. The third kappa shape index (κ3) is 2.45. The third-order valence-electron chi connectivity index (χ3n) is 1.93. The van der Waals surface area contributed by atoms with E-state index in [9.17, 15) is 14.4 Å². The number of amides is 4. The zero-order valence-corrected chi connectivity index (χ0v) is 8.99. The molecule has 1 aliphatic rings. The lowest BCUT2D eigenvalue weighted by atomic mass is 10.5. The van der Waals surface area contributed by atoms with Gasteiger partial charge in [0.25, 0.3) is 0 Å². The van der Waals surface area contributed by atoms with E-state index < -0.39 is 17.8 Å². The Balaban J connectivity index is 2.45. The average Bonchev–Trinajstić information content (AvgIpc) is 2.41. The van der Waals surface area contributed by atoms with Crippen molar-refractivity contribution in [3.63, 3.8) is 0 Å². The number of hydrogen-bond acceptors (Lipinski definition) is 4. The van der Waals surface area contributed by atoms with E-state index in [-0.39, 0.29) is 13.2 Å². The quantitative estimate of drug-likeness (QED) is 0.283. The first-order chi connectivity index (χ1) is 7.09. The Labute approximate surface area is 91.7 Å². The summed E-state index contributed by atoms with van der Waals surface area (Å²) in [6.45, 7) is 0.609. The van der Waals surface area contributed by atoms with Crippen LogP contribution in [0.2, 0.25) is 0 Å². The molecule has 7 heteroatoms. The van der Waals surface area contributed by atoms with Crippen molar-refractivity contribution in [2.45, 2.75) is 0 Å². The van der Waals surface area contributed by atoms with Crippen molar-refractivity contribution in [2.24, 2.45) is 0 Å². The van der Waals surface area contributed by atoms with Gasteiger partial charge in [-0.2, -0.15) is 0 Å². The number of hydrogen-bond donors (Lipinski definition) is 0. The maximum absolute atomic E-state index is 11.3. The fourth-order valence-electron chi connectivity index (χ4n) is 1.12. The molecule has 0 spiro atoms. The molecule has 1 heterocycles. The number of nitrogens with zero attached hydrogens (tertiary/aromatic N) is 2. The smallest absolute Gasteiger partial charge is 0.334 e. The van der Waals surface area contributed by atoms with E-state index in [4.69, 9.17) is 16.3 Å². The van der Waals surface area contributed by atoms with Gasteiger partial charge in [-0.3, -0.25) is 19.4 Å². The molecule has 84 valence electrons. The predicted molar refractivity (Wildman–Crippen MR) is 51.4 cm³/mol. The van der Waals surface area contributed by atoms with E-state index in [1.54, 1.807) is 0 Å². The van der Waals surface area contributed by atoms with Crippen molar-refractivity contribution >= 4 is 29.4 Å². The molecule has 0 aromatic carbocycles. The van der Waals surface area contributed by atoms with Gasteiger partial charge in [-0.05, 0) is 0 Å². The third-order valence-corrected chi connectivity index (χ3v) is 2.09. The van der Waals surface area contributed by atoms with Crippen LogP contribution in [-0.2, 0) is 14.3 Å². The molecule has 0 saturated carbocycles. The van der Waals surface area contributed by atoms with Crippen LogP contribution in [0.1, 0.15) is 0 Å². The molecule has 0 radical (unpaired) electrons. The van der Waals surface area contributed by atoms with Gasteiger partial charge in [0.2, 0.25) is 0 Å². The SMILES string of the molecule is CN1C(=O)C(=O)N(CCOCCCl)C1=O. The molecule has 6 nitrogen and oxygen atoms in total. The first-order valence-electron chi connectivity index (χ1n) is 4.36. The Bertz CT molecular complexity index is 294. The van der Waals surface area contributed by atoms with Gasteiger partial charge in [-0.15, -0.1) is 11.6 Å². The van der Waals surface area contributed by atoms with Crippen LogP contribution in [0, 0.1) is 0 Å². The lowest BCUT2D eigenvalue weighted by Gasteiger charge is -2.12. The summed E-state index contributed by atoms with van der Waals surface area (Å²) in [6, 6.07) is -0.612. The molecule has 15 heavy (non-hydrogen) atoms. The normalized spacial score (nSPS) is 16.8. The minimum atomic E-state index is -0.808. The Morgan fingerprint density at radius 3 is 2.33 bits per heavy atom. The van der Waals surface area contributed by atoms with Crippen molar-refractivity contribution in [3.8, 4) is 0 Å². The second kappa shape index (κ2) is 5.09. The van der Waals surface area contributed by atoms with Gasteiger partial charge in [0.05, 0.1) is 19.8 Å². The highest BCUT2D eigenvalue weighted by atomic mass is 35.5. The van der Waals surface area contributed by atoms with E-state index >= 15 is 0 Å². The Kier molecular flexibility index (Phi) is 4.05. The number of likely N-dealkylation sites (N-methyl/N-ethyl adjacent to an activating group) is 1. The minimum absolute atomic E-state index is 0.0740. The number of imide groups is 2. The van der Waals surface area contributed by atoms with Crippen LogP contribution < -0.4 is 0 Å². The molecule has 0 aromatic rings. The first-order valence-corrected chi connectivity index (χ1v) is 4.90. The summed E-state index contributed by atoms with van der Waals surface area (Å²) in [5.74, 6) is -1.27. The Morgan fingerprint density at radius 2 is 1.87 bits per heavy atom. The van der Waals surface area contributed by atoms with E-state index in [2.05, 4.69) is 0 Å². The highest BCUT2D eigenvalue weighted by Crippen LogP contribution is 2.08. The molecule has 1 saturated heterocycles. The Hall–Kier alpha value is -1.14. The lowest BCUT2D eigenvalue weighted by molar-refractivity contribution is -0.143. The molecule has 0 unspecified atom stereocenters. The van der Waals surface area contributed by atoms with Crippen LogP contribution >= 0.6 is 11.6 Å². The van der Waals surface area contributed by atoms with Crippen LogP contribution in [0.5, 0.6) is 0 Å². The summed E-state index contributed by atoms with van der Waals surface area (Å²) in [5, 5.41) is 0. The van der Waals surface area contributed by atoms with E-state index in [1.807, 2.05) is 0 Å². The number of carbonyl (C=O) groups is 3. The molecule has 1 rings (SSSR count). The summed E-state index contributed by atoms with van der Waals surface area (Å²) in [4.78, 5) is 35.2. The summed E-state index contributed by atoms with van der Waals surface area (Å²) < 4.78 is 5.00. The number of alkyl halides is 1. The molecule has 0 N–H and O–H groups in total. The van der Waals surface area contributed by atoms with Crippen LogP contribution in [-0.4, -0.2) is 60.3 Å². The zero-order valence-electron chi connectivity index (χ0n) is 8.23. The zero-order chi connectivity index (χ0) is 11.4. The highest BCUT2D eigenvalue weighted by Gasteiger charge is 2.41. The van der Waals surface area contributed by atoms with Crippen molar-refractivity contribution in [3.05, 3.63) is 0 Å². The standard InChI is InChI=1S/C8H11ClN2O4/c1-10-6(12)7(13)11(8(10)14)3-5-15-4-2-9/h2-5H2,1H3. The topological polar surface area (TPSA) is 66.9 Å². The Morgan fingerprint density at radius 1 is 1.20 bits per heavy atom. The summed E-state index contributed by atoms with van der Waals surface area (Å²) in [7, 11) is 1.27. The summed E-state index contributed by atoms with van der Waals surface area (Å²) in [6.07, 6.45) is 0. The second-order valence-corrected chi connectivity index (χ2v) is 3.28. The minimum Gasteiger partial charge on any atom is -0.378 e. The first kappa shape index (κ1) is 11.9.